The average Bonchev–Trinajstić information content (AvgIpc) is 3.87. The van der Waals surface area contributed by atoms with E-state index in [2.05, 4.69) is 25.6 Å². The Hall–Kier alpha value is -5.86. The van der Waals surface area contributed by atoms with Gasteiger partial charge in [-0.3, -0.25) is 10.2 Å². The maximum Gasteiger partial charge on any atom is 0.420 e. The molecule has 2 aromatic carbocycles. The second kappa shape index (κ2) is 17.8. The lowest BCUT2D eigenvalue weighted by molar-refractivity contribution is -0.138. The highest BCUT2D eigenvalue weighted by atomic mass is 32.1. The molecule has 3 atom stereocenters. The van der Waals surface area contributed by atoms with E-state index < -0.39 is 140 Å². The molecule has 65 heavy (non-hydrogen) atoms. The highest BCUT2D eigenvalue weighted by Crippen LogP contribution is 2.53. The summed E-state index contributed by atoms with van der Waals surface area (Å²) in [5.74, 6) is -4.99. The molecule has 0 aliphatic carbocycles. The SMILES string of the molecule is CC(C)(C)OC(=O)Nc1sc2c(F)ccc(-c3c(C(F)(F)F)c(OCCO)c4c(N[C@H](CCC(F)(F)F)c5cccnc5N)nc(OC[C@@]56CCCN5C[C@H](F)C6)nc4c3F)c2c1C#N. The second-order valence-electron chi connectivity index (χ2n) is 16.6. The minimum absolute atomic E-state index is 0.0386. The molecule has 5 heterocycles. The standard InChI is InChI=1S/C42H41F9N8O5S/c1-39(2,3)64-38(61)58-36-23(17-52)26-22(7-8-24(44)33(26)65-36)27-29(42(49,50)51)32(62-15-14-60)28-31(30(27)45)56-37(63-19-40-10-5-13-59(40)18-20(43)16-40)57-35(28)55-25(9-11-41(46,47)48)21-6-4-12-54-34(21)53/h4,6-8,12,20,25,60H,5,9-11,13-16,18-19H2,1-3H3,(H2,53,54)(H,58,61)(H,55,56,57)/t20-,25-,40+/m1/s1. The maximum atomic E-state index is 17.8. The summed E-state index contributed by atoms with van der Waals surface area (Å²) >= 11 is 0.463. The predicted octanol–water partition coefficient (Wildman–Crippen LogP) is 9.83. The van der Waals surface area contributed by atoms with E-state index in [0.29, 0.717) is 30.7 Å². The Kier molecular flexibility index (Phi) is 12.9. The lowest BCUT2D eigenvalue weighted by Gasteiger charge is -2.31. The monoisotopic (exact) mass is 940 g/mol. The van der Waals surface area contributed by atoms with E-state index in [1.165, 1.54) is 39.1 Å². The lowest BCUT2D eigenvalue weighted by Crippen LogP contribution is -2.43. The molecule has 2 aliphatic rings. The van der Waals surface area contributed by atoms with Crippen molar-refractivity contribution in [2.24, 2.45) is 0 Å². The zero-order valence-electron chi connectivity index (χ0n) is 34.8. The third kappa shape index (κ3) is 9.74. The molecule has 7 rings (SSSR count). The van der Waals surface area contributed by atoms with Gasteiger partial charge in [0.2, 0.25) is 0 Å². The molecule has 0 unspecified atom stereocenters. The number of nitrogens with zero attached hydrogens (tertiary/aromatic N) is 5. The first-order chi connectivity index (χ1) is 30.5. The number of aromatic nitrogens is 3. The summed E-state index contributed by atoms with van der Waals surface area (Å²) in [7, 11) is 0. The van der Waals surface area contributed by atoms with Crippen LogP contribution in [0.2, 0.25) is 0 Å². The Morgan fingerprint density at radius 1 is 1.12 bits per heavy atom. The van der Waals surface area contributed by atoms with Crippen LogP contribution in [-0.2, 0) is 10.9 Å². The average molecular weight is 941 g/mol. The Bertz CT molecular complexity index is 2670. The molecule has 2 fully saturated rings. The van der Waals surface area contributed by atoms with Crippen molar-refractivity contribution in [1.82, 2.24) is 19.9 Å². The maximum absolute atomic E-state index is 17.8. The normalized spacial score (nSPS) is 18.4. The number of fused-ring (bicyclic) bond motifs is 3. The number of carbonyl (C=O) groups excluding carboxylic acids is 1. The van der Waals surface area contributed by atoms with Crippen LogP contribution < -0.4 is 25.8 Å². The lowest BCUT2D eigenvalue weighted by atomic mass is 9.91. The molecular formula is C42H41F9N8O5S. The first kappa shape index (κ1) is 47.1. The van der Waals surface area contributed by atoms with Gasteiger partial charge in [-0.05, 0) is 64.3 Å². The van der Waals surface area contributed by atoms with Crippen molar-refractivity contribution in [3.8, 4) is 29.0 Å². The first-order valence-corrected chi connectivity index (χ1v) is 20.9. The van der Waals surface area contributed by atoms with Crippen molar-refractivity contribution >= 4 is 55.1 Å². The Morgan fingerprint density at radius 3 is 2.54 bits per heavy atom. The van der Waals surface area contributed by atoms with Gasteiger partial charge in [-0.1, -0.05) is 12.1 Å². The number of hydrogen-bond acceptors (Lipinski definition) is 13. The summed E-state index contributed by atoms with van der Waals surface area (Å²) in [5, 5.41) is 23.5. The van der Waals surface area contributed by atoms with E-state index in [1.807, 2.05) is 4.90 Å². The van der Waals surface area contributed by atoms with Gasteiger partial charge >= 0.3 is 24.5 Å². The number of ether oxygens (including phenoxy) is 3. The van der Waals surface area contributed by atoms with Crippen LogP contribution in [0.3, 0.4) is 0 Å². The summed E-state index contributed by atoms with van der Waals surface area (Å²) in [6.45, 7) is 3.20. The van der Waals surface area contributed by atoms with Crippen molar-refractivity contribution in [2.45, 2.75) is 88.6 Å². The molecule has 5 aromatic rings. The number of amides is 1. The van der Waals surface area contributed by atoms with E-state index in [0.717, 1.165) is 12.1 Å². The minimum Gasteiger partial charge on any atom is -0.490 e. The molecular weight excluding hydrogens is 900 g/mol. The number of aliphatic hydroxyl groups is 1. The molecule has 23 heteroatoms. The molecule has 5 N–H and O–H groups in total. The number of anilines is 3. The van der Waals surface area contributed by atoms with Crippen molar-refractivity contribution in [2.75, 3.05) is 49.3 Å². The molecule has 2 saturated heterocycles. The number of pyridine rings is 1. The Balaban J connectivity index is 1.53. The number of aliphatic hydroxyl groups excluding tert-OH is 1. The van der Waals surface area contributed by atoms with Gasteiger partial charge in [-0.25, -0.2) is 22.9 Å². The zero-order chi connectivity index (χ0) is 47.2. The number of nitrogens with two attached hydrogens (primary N) is 1. The molecule has 3 aromatic heterocycles. The highest BCUT2D eigenvalue weighted by molar-refractivity contribution is 7.23. The van der Waals surface area contributed by atoms with Crippen LogP contribution in [0.15, 0.2) is 30.5 Å². The van der Waals surface area contributed by atoms with Gasteiger partial charge < -0.3 is 30.4 Å². The fourth-order valence-electron chi connectivity index (χ4n) is 8.39. The number of rotatable bonds is 13. The molecule has 0 spiro atoms. The van der Waals surface area contributed by atoms with Crippen molar-refractivity contribution in [3.63, 3.8) is 0 Å². The zero-order valence-corrected chi connectivity index (χ0v) is 35.6. The summed E-state index contributed by atoms with van der Waals surface area (Å²) in [5.41, 5.74) is -1.27. The number of hydrogen-bond donors (Lipinski definition) is 4. The minimum atomic E-state index is -5.58. The van der Waals surface area contributed by atoms with Crippen LogP contribution in [-0.4, -0.2) is 87.4 Å². The summed E-state index contributed by atoms with van der Waals surface area (Å²) in [4.78, 5) is 27.1. The number of nitrogen functional groups attached to an aromatic ring is 1. The summed E-state index contributed by atoms with van der Waals surface area (Å²) in [6, 6.07) is 3.75. The number of thiophene rings is 1. The Morgan fingerprint density at radius 2 is 1.88 bits per heavy atom. The topological polar surface area (TPSA) is 181 Å². The third-order valence-electron chi connectivity index (χ3n) is 10.9. The highest BCUT2D eigenvalue weighted by Gasteiger charge is 2.50. The van der Waals surface area contributed by atoms with Gasteiger partial charge in [0, 0.05) is 42.1 Å². The van der Waals surface area contributed by atoms with Gasteiger partial charge in [0.05, 0.1) is 33.8 Å². The van der Waals surface area contributed by atoms with Gasteiger partial charge in [0.1, 0.15) is 70.3 Å². The van der Waals surface area contributed by atoms with E-state index in [9.17, 15) is 32.7 Å². The fraction of sp³-hybridized carbons (Fsp3) is 0.452. The number of alkyl halides is 7. The fourth-order valence-corrected chi connectivity index (χ4v) is 9.45. The third-order valence-corrected chi connectivity index (χ3v) is 12.0. The van der Waals surface area contributed by atoms with Crippen molar-refractivity contribution < 1.29 is 63.6 Å². The molecule has 348 valence electrons. The van der Waals surface area contributed by atoms with E-state index in [1.54, 1.807) is 6.07 Å². The largest absolute Gasteiger partial charge is 0.490 e. The van der Waals surface area contributed by atoms with Crippen LogP contribution in [0.4, 0.5) is 60.9 Å². The summed E-state index contributed by atoms with van der Waals surface area (Å²) < 4.78 is 154. The molecule has 0 saturated carbocycles. The van der Waals surface area contributed by atoms with Crippen LogP contribution in [0.5, 0.6) is 11.8 Å². The number of carbonyl (C=O) groups is 1. The predicted molar refractivity (Wildman–Crippen MR) is 221 cm³/mol. The van der Waals surface area contributed by atoms with E-state index >= 15 is 22.0 Å². The summed E-state index contributed by atoms with van der Waals surface area (Å²) in [6.07, 6.45) is -12.4. The van der Waals surface area contributed by atoms with Crippen LogP contribution in [0, 0.1) is 23.0 Å². The van der Waals surface area contributed by atoms with Crippen molar-refractivity contribution in [3.05, 3.63) is 58.8 Å². The number of benzene rings is 2. The first-order valence-electron chi connectivity index (χ1n) is 20.1. The van der Waals surface area contributed by atoms with Gasteiger partial charge in [0.25, 0.3) is 0 Å². The quantitative estimate of drug-likeness (QED) is 0.0822. The van der Waals surface area contributed by atoms with Crippen LogP contribution in [0.25, 0.3) is 32.1 Å². The molecule has 0 bridgehead atoms. The molecule has 2 aliphatic heterocycles. The van der Waals surface area contributed by atoms with E-state index in [4.69, 9.17) is 19.9 Å². The molecule has 13 nitrogen and oxygen atoms in total. The smallest absolute Gasteiger partial charge is 0.420 e. The molecule has 0 radical (unpaired) electrons. The second-order valence-corrected chi connectivity index (χ2v) is 17.6. The van der Waals surface area contributed by atoms with Gasteiger partial charge in [-0.15, -0.1) is 11.3 Å². The van der Waals surface area contributed by atoms with Crippen LogP contribution in [0.1, 0.15) is 75.6 Å². The van der Waals surface area contributed by atoms with Crippen molar-refractivity contribution in [1.29, 1.82) is 5.26 Å². The van der Waals surface area contributed by atoms with Crippen LogP contribution >= 0.6 is 11.3 Å². The van der Waals surface area contributed by atoms with Gasteiger partial charge in [0.15, 0.2) is 5.82 Å². The Labute approximate surface area is 368 Å². The molecule has 1 amide bonds. The van der Waals surface area contributed by atoms with E-state index in [-0.39, 0.29) is 36.0 Å². The number of halogens is 9. The number of nitrogens with one attached hydrogen (secondary N) is 2. The van der Waals surface area contributed by atoms with Gasteiger partial charge in [-0.2, -0.15) is 41.6 Å². The number of nitriles is 1.